The molecule has 0 bridgehead atoms. The summed E-state index contributed by atoms with van der Waals surface area (Å²) in [4.78, 5) is 14.3. The maximum atomic E-state index is 12.3. The van der Waals surface area contributed by atoms with Gasteiger partial charge in [0, 0.05) is 24.5 Å². The van der Waals surface area contributed by atoms with Crippen LogP contribution in [-0.2, 0) is 4.79 Å². The number of rotatable bonds is 7. The molecule has 1 aromatic rings. The molecule has 1 unspecified atom stereocenters. The van der Waals surface area contributed by atoms with E-state index in [2.05, 4.69) is 5.32 Å². The van der Waals surface area contributed by atoms with Crippen LogP contribution in [0.5, 0.6) is 0 Å². The third-order valence-electron chi connectivity index (χ3n) is 3.46. The van der Waals surface area contributed by atoms with E-state index in [-0.39, 0.29) is 18.6 Å². The van der Waals surface area contributed by atoms with Crippen LogP contribution >= 0.6 is 0 Å². The van der Waals surface area contributed by atoms with Crippen LogP contribution in [-0.4, -0.2) is 41.7 Å². The third-order valence-corrected chi connectivity index (χ3v) is 3.46. The standard InChI is InChI=1S/C15H25N3O2/c1-4-18(8-5-9-19)12(3)15(20)17-14-10-13(16)7-6-11(14)2/h6-7,10,12,19H,4-5,8-9,16H2,1-3H3,(H,17,20). The molecule has 4 N–H and O–H groups in total. The van der Waals surface area contributed by atoms with E-state index in [0.717, 1.165) is 17.8 Å². The highest BCUT2D eigenvalue weighted by Crippen LogP contribution is 2.18. The molecule has 1 aromatic carbocycles. The minimum absolute atomic E-state index is 0.0570. The fourth-order valence-electron chi connectivity index (χ4n) is 2.08. The summed E-state index contributed by atoms with van der Waals surface area (Å²) in [6.45, 7) is 7.43. The number of carbonyl (C=O) groups excluding carboxylic acids is 1. The molecule has 0 aliphatic carbocycles. The highest BCUT2D eigenvalue weighted by Gasteiger charge is 2.20. The van der Waals surface area contributed by atoms with Gasteiger partial charge in [-0.1, -0.05) is 13.0 Å². The van der Waals surface area contributed by atoms with Crippen molar-refractivity contribution in [3.05, 3.63) is 23.8 Å². The first kappa shape index (κ1) is 16.5. The first-order valence-electron chi connectivity index (χ1n) is 7.01. The van der Waals surface area contributed by atoms with Gasteiger partial charge in [-0.05, 0) is 44.5 Å². The molecule has 0 spiro atoms. The van der Waals surface area contributed by atoms with Crippen LogP contribution in [0.25, 0.3) is 0 Å². The Hall–Kier alpha value is -1.59. The number of aliphatic hydroxyl groups excluding tert-OH is 1. The molecule has 0 radical (unpaired) electrons. The third kappa shape index (κ3) is 4.51. The summed E-state index contributed by atoms with van der Waals surface area (Å²) in [6.07, 6.45) is 0.669. The van der Waals surface area contributed by atoms with Gasteiger partial charge in [-0.2, -0.15) is 0 Å². The van der Waals surface area contributed by atoms with Crippen molar-refractivity contribution in [3.63, 3.8) is 0 Å². The second-order valence-electron chi connectivity index (χ2n) is 4.95. The zero-order valence-electron chi connectivity index (χ0n) is 12.5. The minimum atomic E-state index is -0.243. The second kappa shape index (κ2) is 7.87. The number of nitrogens with two attached hydrogens (primary N) is 1. The van der Waals surface area contributed by atoms with E-state index in [1.807, 2.05) is 37.8 Å². The zero-order chi connectivity index (χ0) is 15.1. The Bertz CT molecular complexity index is 449. The molecule has 20 heavy (non-hydrogen) atoms. The molecule has 0 aliphatic rings. The molecule has 0 heterocycles. The number of aryl methyl sites for hydroxylation is 1. The van der Waals surface area contributed by atoms with Crippen LogP contribution in [0.1, 0.15) is 25.8 Å². The van der Waals surface area contributed by atoms with E-state index >= 15 is 0 Å². The number of likely N-dealkylation sites (N-methyl/N-ethyl adjacent to an activating group) is 1. The van der Waals surface area contributed by atoms with Gasteiger partial charge in [0.15, 0.2) is 0 Å². The van der Waals surface area contributed by atoms with E-state index < -0.39 is 0 Å². The van der Waals surface area contributed by atoms with Crippen LogP contribution in [0.2, 0.25) is 0 Å². The molecule has 0 saturated carbocycles. The molecule has 5 heteroatoms. The van der Waals surface area contributed by atoms with E-state index in [0.29, 0.717) is 18.7 Å². The Morgan fingerprint density at radius 1 is 1.50 bits per heavy atom. The smallest absolute Gasteiger partial charge is 0.241 e. The average molecular weight is 279 g/mol. The van der Waals surface area contributed by atoms with Crippen molar-refractivity contribution >= 4 is 17.3 Å². The van der Waals surface area contributed by atoms with Crippen molar-refractivity contribution in [2.75, 3.05) is 30.7 Å². The largest absolute Gasteiger partial charge is 0.399 e. The summed E-state index contributed by atoms with van der Waals surface area (Å²) in [5.41, 5.74) is 8.11. The molecule has 5 nitrogen and oxygen atoms in total. The lowest BCUT2D eigenvalue weighted by Gasteiger charge is -2.26. The fraction of sp³-hybridized carbons (Fsp3) is 0.533. The van der Waals surface area contributed by atoms with Crippen LogP contribution in [0, 0.1) is 6.92 Å². The number of aliphatic hydroxyl groups is 1. The highest BCUT2D eigenvalue weighted by atomic mass is 16.3. The van der Waals surface area contributed by atoms with Crippen molar-refractivity contribution in [2.45, 2.75) is 33.2 Å². The van der Waals surface area contributed by atoms with E-state index in [1.165, 1.54) is 0 Å². The molecule has 0 aliphatic heterocycles. The fourth-order valence-corrected chi connectivity index (χ4v) is 2.08. The van der Waals surface area contributed by atoms with Gasteiger partial charge in [-0.25, -0.2) is 0 Å². The lowest BCUT2D eigenvalue weighted by molar-refractivity contribution is -0.120. The Labute approximate surface area is 120 Å². The first-order chi connectivity index (χ1) is 9.49. The number of nitrogen functional groups attached to an aromatic ring is 1. The monoisotopic (exact) mass is 279 g/mol. The normalized spacial score (nSPS) is 12.4. The molecule has 1 atom stereocenters. The van der Waals surface area contributed by atoms with Gasteiger partial charge >= 0.3 is 0 Å². The first-order valence-corrected chi connectivity index (χ1v) is 7.01. The van der Waals surface area contributed by atoms with Crippen LogP contribution in [0.4, 0.5) is 11.4 Å². The number of amides is 1. The van der Waals surface area contributed by atoms with Crippen molar-refractivity contribution in [2.24, 2.45) is 0 Å². The van der Waals surface area contributed by atoms with Crippen LogP contribution < -0.4 is 11.1 Å². The number of nitrogens with zero attached hydrogens (tertiary/aromatic N) is 1. The second-order valence-corrected chi connectivity index (χ2v) is 4.95. The van der Waals surface area contributed by atoms with Gasteiger partial charge in [-0.15, -0.1) is 0 Å². The maximum Gasteiger partial charge on any atom is 0.241 e. The van der Waals surface area contributed by atoms with Gasteiger partial charge in [0.2, 0.25) is 5.91 Å². The molecule has 112 valence electrons. The van der Waals surface area contributed by atoms with E-state index in [4.69, 9.17) is 10.8 Å². The molecule has 1 rings (SSSR count). The Morgan fingerprint density at radius 3 is 2.80 bits per heavy atom. The Morgan fingerprint density at radius 2 is 2.20 bits per heavy atom. The number of nitrogens with one attached hydrogen (secondary N) is 1. The van der Waals surface area contributed by atoms with Crippen molar-refractivity contribution in [1.82, 2.24) is 4.90 Å². The molecule has 0 saturated heterocycles. The molecular formula is C15H25N3O2. The SMILES string of the molecule is CCN(CCCO)C(C)C(=O)Nc1cc(N)ccc1C. The highest BCUT2D eigenvalue weighted by molar-refractivity contribution is 5.95. The molecule has 0 aromatic heterocycles. The Balaban J connectivity index is 2.71. The van der Waals surface area contributed by atoms with Crippen molar-refractivity contribution in [3.8, 4) is 0 Å². The number of benzene rings is 1. The van der Waals surface area contributed by atoms with E-state index in [1.54, 1.807) is 6.07 Å². The van der Waals surface area contributed by atoms with Crippen LogP contribution in [0.15, 0.2) is 18.2 Å². The van der Waals surface area contributed by atoms with Gasteiger partial charge < -0.3 is 16.2 Å². The predicted octanol–water partition coefficient (Wildman–Crippen LogP) is 1.61. The lowest BCUT2D eigenvalue weighted by atomic mass is 10.1. The van der Waals surface area contributed by atoms with Gasteiger partial charge in [0.1, 0.15) is 0 Å². The summed E-state index contributed by atoms with van der Waals surface area (Å²) >= 11 is 0. The predicted molar refractivity (Wildman–Crippen MR) is 82.6 cm³/mol. The summed E-state index contributed by atoms with van der Waals surface area (Å²) in [5, 5.41) is 11.8. The minimum Gasteiger partial charge on any atom is -0.399 e. The molecular weight excluding hydrogens is 254 g/mol. The summed E-state index contributed by atoms with van der Waals surface area (Å²) in [5.74, 6) is -0.0570. The summed E-state index contributed by atoms with van der Waals surface area (Å²) in [7, 11) is 0. The van der Waals surface area contributed by atoms with E-state index in [9.17, 15) is 4.79 Å². The number of carbonyl (C=O) groups is 1. The topological polar surface area (TPSA) is 78.6 Å². The Kier molecular flexibility index (Phi) is 6.48. The van der Waals surface area contributed by atoms with Crippen molar-refractivity contribution < 1.29 is 9.90 Å². The number of anilines is 2. The van der Waals surface area contributed by atoms with Crippen molar-refractivity contribution in [1.29, 1.82) is 0 Å². The summed E-state index contributed by atoms with van der Waals surface area (Å²) in [6, 6.07) is 5.23. The lowest BCUT2D eigenvalue weighted by Crippen LogP contribution is -2.42. The number of hydrogen-bond acceptors (Lipinski definition) is 4. The average Bonchev–Trinajstić information content (AvgIpc) is 2.43. The number of hydrogen-bond donors (Lipinski definition) is 3. The molecule has 1 amide bonds. The van der Waals surface area contributed by atoms with Crippen LogP contribution in [0.3, 0.4) is 0 Å². The van der Waals surface area contributed by atoms with Gasteiger partial charge in [-0.3, -0.25) is 9.69 Å². The van der Waals surface area contributed by atoms with Gasteiger partial charge in [0.25, 0.3) is 0 Å². The van der Waals surface area contributed by atoms with Gasteiger partial charge in [0.05, 0.1) is 6.04 Å². The summed E-state index contributed by atoms with van der Waals surface area (Å²) < 4.78 is 0. The quantitative estimate of drug-likeness (QED) is 0.663. The molecule has 0 fully saturated rings. The maximum absolute atomic E-state index is 12.3. The zero-order valence-corrected chi connectivity index (χ0v) is 12.5.